The fourth-order valence-electron chi connectivity index (χ4n) is 3.43. The molecule has 2 aromatic rings. The smallest absolute Gasteiger partial charge is 0.464 e. The third-order valence-electron chi connectivity index (χ3n) is 4.98. The second-order valence-corrected chi connectivity index (χ2v) is 11.5. The van der Waals surface area contributed by atoms with Crippen molar-refractivity contribution in [3.8, 4) is 11.5 Å². The molecule has 0 saturated heterocycles. The highest BCUT2D eigenvalue weighted by molar-refractivity contribution is 5.83. The first kappa shape index (κ1) is 43.6. The van der Waals surface area contributed by atoms with Crippen LogP contribution in [0.15, 0.2) is 48.5 Å². The summed E-state index contributed by atoms with van der Waals surface area (Å²) in [5.74, 6) is -1.79. The molecule has 2 amide bonds. The Morgan fingerprint density at radius 3 is 1.54 bits per heavy atom. The van der Waals surface area contributed by atoms with Crippen LogP contribution in [0, 0.1) is 0 Å². The summed E-state index contributed by atoms with van der Waals surface area (Å²) in [6.45, 7) is 11.0. The highest BCUT2D eigenvalue weighted by Crippen LogP contribution is 2.27. The zero-order valence-corrected chi connectivity index (χ0v) is 26.7. The van der Waals surface area contributed by atoms with Gasteiger partial charge in [-0.05, 0) is 83.9 Å². The van der Waals surface area contributed by atoms with Crippen LogP contribution < -0.4 is 20.1 Å². The Kier molecular flexibility index (Phi) is 16.5. The largest absolute Gasteiger partial charge is 0.573 e. The van der Waals surface area contributed by atoms with Gasteiger partial charge in [0.2, 0.25) is 0 Å². The van der Waals surface area contributed by atoms with Crippen LogP contribution in [0.1, 0.15) is 79.1 Å². The number of aliphatic hydroxyl groups is 1. The predicted octanol–water partition coefficient (Wildman–Crippen LogP) is 7.49. The molecule has 2 rings (SSSR count). The van der Waals surface area contributed by atoms with Crippen molar-refractivity contribution < 1.29 is 69.5 Å². The standard InChI is InChI=1S/C16H20F3NO5.C14H18F3NO4.CH4/c1-5-23-13(21)12(20-14(22)25-15(2,3)4)10-7-6-8-11(9-10)24-16(17,18)19;1-13(2,3)22-12(20)18-11(8-19)9-5-4-6-10(7-9)21-14(15,16)17;/h6-9,12H,5H2,1-4H3,(H,20,22);4-7,11,19H,8H2,1-3H3,(H,18,20);1H4/t12-;11-;/m10./s1. The Hall–Kier alpha value is -4.41. The Morgan fingerprint density at radius 2 is 1.15 bits per heavy atom. The zero-order valence-electron chi connectivity index (χ0n) is 26.7. The Labute approximate surface area is 274 Å². The molecule has 17 heteroatoms. The summed E-state index contributed by atoms with van der Waals surface area (Å²) in [6.07, 6.45) is -11.4. The van der Waals surface area contributed by atoms with E-state index in [1.807, 2.05) is 0 Å². The third-order valence-corrected chi connectivity index (χ3v) is 4.98. The van der Waals surface area contributed by atoms with E-state index in [-0.39, 0.29) is 25.2 Å². The van der Waals surface area contributed by atoms with E-state index in [2.05, 4.69) is 20.1 Å². The lowest BCUT2D eigenvalue weighted by Crippen LogP contribution is -2.38. The van der Waals surface area contributed by atoms with Gasteiger partial charge in [0.15, 0.2) is 6.04 Å². The van der Waals surface area contributed by atoms with Crippen LogP contribution >= 0.6 is 0 Å². The van der Waals surface area contributed by atoms with Crippen molar-refractivity contribution >= 4 is 18.2 Å². The van der Waals surface area contributed by atoms with E-state index in [1.54, 1.807) is 48.5 Å². The summed E-state index contributed by atoms with van der Waals surface area (Å²) >= 11 is 0. The number of hydrogen-bond acceptors (Lipinski definition) is 9. The maximum Gasteiger partial charge on any atom is 0.573 e. The van der Waals surface area contributed by atoms with Crippen LogP contribution in [0.2, 0.25) is 0 Å². The summed E-state index contributed by atoms with van der Waals surface area (Å²) in [5, 5.41) is 14.0. The molecule has 0 aliphatic heterocycles. The van der Waals surface area contributed by atoms with Gasteiger partial charge in [0, 0.05) is 0 Å². The van der Waals surface area contributed by atoms with E-state index in [0.29, 0.717) is 0 Å². The number of ether oxygens (including phenoxy) is 5. The van der Waals surface area contributed by atoms with Crippen LogP contribution in [0.3, 0.4) is 0 Å². The molecule has 11 nitrogen and oxygen atoms in total. The number of esters is 1. The summed E-state index contributed by atoms with van der Waals surface area (Å²) in [7, 11) is 0. The highest BCUT2D eigenvalue weighted by Gasteiger charge is 2.33. The topological polar surface area (TPSA) is 142 Å². The lowest BCUT2D eigenvalue weighted by atomic mass is 10.1. The third kappa shape index (κ3) is 18.7. The number of hydrogen-bond donors (Lipinski definition) is 3. The molecule has 0 aromatic heterocycles. The molecular formula is C31H42F6N2O9. The minimum atomic E-state index is -4.88. The van der Waals surface area contributed by atoms with Crippen molar-refractivity contribution in [2.24, 2.45) is 0 Å². The maximum atomic E-state index is 12.3. The Bertz CT molecular complexity index is 1320. The van der Waals surface area contributed by atoms with Gasteiger partial charge in [-0.25, -0.2) is 14.4 Å². The quantitative estimate of drug-likeness (QED) is 0.138. The van der Waals surface area contributed by atoms with Gasteiger partial charge in [-0.2, -0.15) is 0 Å². The van der Waals surface area contributed by atoms with E-state index in [0.717, 1.165) is 24.3 Å². The summed E-state index contributed by atoms with van der Waals surface area (Å²) in [4.78, 5) is 35.7. The van der Waals surface area contributed by atoms with E-state index < -0.39 is 72.3 Å². The number of carbonyl (C=O) groups is 3. The highest BCUT2D eigenvalue weighted by atomic mass is 19.4. The molecule has 272 valence electrons. The van der Waals surface area contributed by atoms with Crippen LogP contribution in [0.4, 0.5) is 35.9 Å². The van der Waals surface area contributed by atoms with Gasteiger partial charge in [0.25, 0.3) is 0 Å². The van der Waals surface area contributed by atoms with Crippen LogP contribution in [0.25, 0.3) is 0 Å². The van der Waals surface area contributed by atoms with Gasteiger partial charge < -0.3 is 39.4 Å². The fourth-order valence-corrected chi connectivity index (χ4v) is 3.43. The molecule has 3 N–H and O–H groups in total. The number of nitrogens with one attached hydrogen (secondary N) is 2. The van der Waals surface area contributed by atoms with Crippen molar-refractivity contribution in [3.63, 3.8) is 0 Å². The minimum absolute atomic E-state index is 0. The van der Waals surface area contributed by atoms with E-state index >= 15 is 0 Å². The Morgan fingerprint density at radius 1 is 0.729 bits per heavy atom. The number of rotatable bonds is 9. The lowest BCUT2D eigenvalue weighted by molar-refractivity contribution is -0.275. The summed E-state index contributed by atoms with van der Waals surface area (Å²) in [6, 6.07) is 7.45. The minimum Gasteiger partial charge on any atom is -0.464 e. The number of alkyl halides is 6. The average molecular weight is 701 g/mol. The first-order chi connectivity index (χ1) is 21.4. The van der Waals surface area contributed by atoms with Crippen LogP contribution in [-0.4, -0.2) is 60.4 Å². The van der Waals surface area contributed by atoms with Gasteiger partial charge in [-0.15, -0.1) is 26.3 Å². The molecule has 0 saturated carbocycles. The molecule has 0 radical (unpaired) electrons. The van der Waals surface area contributed by atoms with Gasteiger partial charge in [-0.3, -0.25) is 0 Å². The summed E-state index contributed by atoms with van der Waals surface area (Å²) in [5.41, 5.74) is -1.23. The van der Waals surface area contributed by atoms with E-state index in [4.69, 9.17) is 14.2 Å². The first-order valence-corrected chi connectivity index (χ1v) is 13.9. The number of carbonyl (C=O) groups excluding carboxylic acids is 3. The first-order valence-electron chi connectivity index (χ1n) is 13.9. The van der Waals surface area contributed by atoms with Crippen molar-refractivity contribution in [1.82, 2.24) is 10.6 Å². The van der Waals surface area contributed by atoms with Crippen molar-refractivity contribution in [3.05, 3.63) is 59.7 Å². The van der Waals surface area contributed by atoms with E-state index in [1.165, 1.54) is 24.3 Å². The second kappa shape index (κ2) is 18.2. The van der Waals surface area contributed by atoms with Gasteiger partial charge in [0.1, 0.15) is 22.7 Å². The monoisotopic (exact) mass is 700 g/mol. The SMILES string of the molecule is C.CC(C)(C)OC(=O)N[C@@H](CO)c1cccc(OC(F)(F)F)c1.CCOC(=O)[C@H](NC(=O)OC(C)(C)C)c1cccc(OC(F)(F)F)c1. The average Bonchev–Trinajstić information content (AvgIpc) is 2.87. The van der Waals surface area contributed by atoms with Gasteiger partial charge >= 0.3 is 30.9 Å². The molecule has 2 atom stereocenters. The normalized spacial score (nSPS) is 12.9. The fraction of sp³-hybridized carbons (Fsp3) is 0.516. The molecule has 0 aliphatic rings. The molecule has 0 spiro atoms. The molecule has 2 aromatic carbocycles. The predicted molar refractivity (Wildman–Crippen MR) is 161 cm³/mol. The number of alkyl carbamates (subject to hydrolysis) is 2. The second-order valence-electron chi connectivity index (χ2n) is 11.5. The van der Waals surface area contributed by atoms with Crippen LogP contribution in [0.5, 0.6) is 11.5 Å². The maximum absolute atomic E-state index is 12.3. The number of benzene rings is 2. The van der Waals surface area contributed by atoms with Gasteiger partial charge in [0.05, 0.1) is 19.3 Å². The van der Waals surface area contributed by atoms with Crippen LogP contribution in [-0.2, 0) is 19.0 Å². The van der Waals surface area contributed by atoms with Crippen molar-refractivity contribution in [2.75, 3.05) is 13.2 Å². The zero-order chi connectivity index (χ0) is 36.2. The number of halogens is 6. The number of aliphatic hydroxyl groups excluding tert-OH is 1. The molecular weight excluding hydrogens is 658 g/mol. The van der Waals surface area contributed by atoms with Crippen molar-refractivity contribution in [2.45, 2.75) is 91.9 Å². The Balaban J connectivity index is 0.000000909. The van der Waals surface area contributed by atoms with Gasteiger partial charge in [-0.1, -0.05) is 31.7 Å². The molecule has 0 unspecified atom stereocenters. The molecule has 0 bridgehead atoms. The summed E-state index contributed by atoms with van der Waals surface area (Å²) < 4.78 is 96.2. The molecule has 0 fully saturated rings. The number of amides is 2. The van der Waals surface area contributed by atoms with E-state index in [9.17, 15) is 45.8 Å². The lowest BCUT2D eigenvalue weighted by Gasteiger charge is -2.23. The molecule has 0 heterocycles. The molecule has 48 heavy (non-hydrogen) atoms. The van der Waals surface area contributed by atoms with Crippen molar-refractivity contribution in [1.29, 1.82) is 0 Å². The molecule has 0 aliphatic carbocycles.